The second-order valence-electron chi connectivity index (χ2n) is 5.94. The fourth-order valence-corrected chi connectivity index (χ4v) is 2.51. The van der Waals surface area contributed by atoms with Gasteiger partial charge < -0.3 is 15.4 Å². The second-order valence-corrected chi connectivity index (χ2v) is 5.94. The SMILES string of the molecule is CCNC(=NCc1ccc(C)cc1OCC)NCCc1cnn(C)c1.I. The third-order valence-electron chi connectivity index (χ3n) is 3.74. The number of hydrogen-bond donors (Lipinski definition) is 2. The van der Waals surface area contributed by atoms with E-state index in [9.17, 15) is 0 Å². The molecule has 0 radical (unpaired) electrons. The molecule has 0 aliphatic rings. The van der Waals surface area contributed by atoms with Crippen LogP contribution in [-0.2, 0) is 20.0 Å². The summed E-state index contributed by atoms with van der Waals surface area (Å²) in [5.41, 5.74) is 3.50. The van der Waals surface area contributed by atoms with Crippen LogP contribution in [0.2, 0.25) is 0 Å². The summed E-state index contributed by atoms with van der Waals surface area (Å²) in [6.07, 6.45) is 4.84. The van der Waals surface area contributed by atoms with Gasteiger partial charge in [0.1, 0.15) is 5.75 Å². The number of aryl methyl sites for hydroxylation is 2. The summed E-state index contributed by atoms with van der Waals surface area (Å²) < 4.78 is 7.55. The number of hydrogen-bond acceptors (Lipinski definition) is 3. The molecule has 1 aromatic heterocycles. The number of aromatic nitrogens is 2. The van der Waals surface area contributed by atoms with Gasteiger partial charge in [0, 0.05) is 31.9 Å². The molecule has 2 N–H and O–H groups in total. The van der Waals surface area contributed by atoms with Crippen molar-refractivity contribution < 1.29 is 4.74 Å². The van der Waals surface area contributed by atoms with E-state index in [2.05, 4.69) is 52.8 Å². The minimum atomic E-state index is 0. The van der Waals surface area contributed by atoms with E-state index < -0.39 is 0 Å². The van der Waals surface area contributed by atoms with Gasteiger partial charge in [0.05, 0.1) is 19.3 Å². The monoisotopic (exact) mass is 471 g/mol. The van der Waals surface area contributed by atoms with Gasteiger partial charge in [0.15, 0.2) is 5.96 Å². The van der Waals surface area contributed by atoms with Crippen LogP contribution < -0.4 is 15.4 Å². The molecule has 0 saturated heterocycles. The Bertz CT molecular complexity index is 699. The molecular formula is C19H30IN5O. The average Bonchev–Trinajstić information content (AvgIpc) is 2.99. The van der Waals surface area contributed by atoms with Gasteiger partial charge in [-0.05, 0) is 44.4 Å². The first-order valence-electron chi connectivity index (χ1n) is 8.84. The van der Waals surface area contributed by atoms with Crippen molar-refractivity contribution in [2.24, 2.45) is 12.0 Å². The number of benzene rings is 1. The molecule has 0 bridgehead atoms. The van der Waals surface area contributed by atoms with Crippen LogP contribution in [0.5, 0.6) is 5.75 Å². The molecule has 2 aromatic rings. The zero-order valence-corrected chi connectivity index (χ0v) is 18.4. The number of aliphatic imine (C=N–C) groups is 1. The Morgan fingerprint density at radius 3 is 2.73 bits per heavy atom. The molecule has 144 valence electrons. The summed E-state index contributed by atoms with van der Waals surface area (Å²) in [6.45, 7) is 9.00. The topological polar surface area (TPSA) is 63.5 Å². The minimum Gasteiger partial charge on any atom is -0.494 e. The predicted molar refractivity (Wildman–Crippen MR) is 117 cm³/mol. The zero-order chi connectivity index (χ0) is 18.1. The van der Waals surface area contributed by atoms with E-state index in [0.717, 1.165) is 36.8 Å². The highest BCUT2D eigenvalue weighted by molar-refractivity contribution is 14.0. The van der Waals surface area contributed by atoms with Crippen molar-refractivity contribution >= 4 is 29.9 Å². The molecule has 0 atom stereocenters. The van der Waals surface area contributed by atoms with Crippen LogP contribution >= 0.6 is 24.0 Å². The summed E-state index contributed by atoms with van der Waals surface area (Å²) in [4.78, 5) is 4.69. The van der Waals surface area contributed by atoms with Gasteiger partial charge in [0.2, 0.25) is 0 Å². The van der Waals surface area contributed by atoms with E-state index in [1.807, 2.05) is 31.0 Å². The van der Waals surface area contributed by atoms with Crippen LogP contribution in [-0.4, -0.2) is 35.4 Å². The lowest BCUT2D eigenvalue weighted by molar-refractivity contribution is 0.336. The average molecular weight is 471 g/mol. The number of nitrogens with zero attached hydrogens (tertiary/aromatic N) is 3. The van der Waals surface area contributed by atoms with Gasteiger partial charge in [-0.25, -0.2) is 4.99 Å². The highest BCUT2D eigenvalue weighted by Crippen LogP contribution is 2.21. The molecule has 1 aromatic carbocycles. The smallest absolute Gasteiger partial charge is 0.191 e. The molecule has 26 heavy (non-hydrogen) atoms. The molecule has 0 aliphatic heterocycles. The first-order chi connectivity index (χ1) is 12.1. The molecule has 1 heterocycles. The number of nitrogens with one attached hydrogen (secondary N) is 2. The molecule has 0 spiro atoms. The molecule has 0 amide bonds. The van der Waals surface area contributed by atoms with E-state index in [1.165, 1.54) is 11.1 Å². The number of rotatable bonds is 8. The Labute approximate surface area is 173 Å². The maximum Gasteiger partial charge on any atom is 0.191 e. The van der Waals surface area contributed by atoms with Gasteiger partial charge in [0.25, 0.3) is 0 Å². The maximum absolute atomic E-state index is 5.73. The van der Waals surface area contributed by atoms with Crippen molar-refractivity contribution in [3.05, 3.63) is 47.3 Å². The van der Waals surface area contributed by atoms with Crippen molar-refractivity contribution in [1.29, 1.82) is 0 Å². The quantitative estimate of drug-likeness (QED) is 0.353. The first-order valence-corrected chi connectivity index (χ1v) is 8.84. The number of ether oxygens (including phenoxy) is 1. The van der Waals surface area contributed by atoms with Crippen molar-refractivity contribution in [3.63, 3.8) is 0 Å². The predicted octanol–water partition coefficient (Wildman–Crippen LogP) is 3.04. The largest absolute Gasteiger partial charge is 0.494 e. The van der Waals surface area contributed by atoms with Gasteiger partial charge >= 0.3 is 0 Å². The Balaban J connectivity index is 0.00000338. The Hall–Kier alpha value is -1.77. The summed E-state index contributed by atoms with van der Waals surface area (Å²) in [7, 11) is 1.93. The van der Waals surface area contributed by atoms with Crippen LogP contribution in [0.1, 0.15) is 30.5 Å². The maximum atomic E-state index is 5.73. The summed E-state index contributed by atoms with van der Waals surface area (Å²) >= 11 is 0. The van der Waals surface area contributed by atoms with Crippen molar-refractivity contribution in [2.75, 3.05) is 19.7 Å². The summed E-state index contributed by atoms with van der Waals surface area (Å²) in [5.74, 6) is 1.73. The van der Waals surface area contributed by atoms with Crippen LogP contribution in [0.3, 0.4) is 0 Å². The number of guanidine groups is 1. The zero-order valence-electron chi connectivity index (χ0n) is 16.1. The lowest BCUT2D eigenvalue weighted by Crippen LogP contribution is -2.38. The Morgan fingerprint density at radius 2 is 2.08 bits per heavy atom. The molecule has 7 heteroatoms. The molecule has 0 unspecified atom stereocenters. The highest BCUT2D eigenvalue weighted by Gasteiger charge is 2.05. The second kappa shape index (κ2) is 11.8. The van der Waals surface area contributed by atoms with Gasteiger partial charge in [-0.3, -0.25) is 4.68 Å². The lowest BCUT2D eigenvalue weighted by Gasteiger charge is -2.13. The van der Waals surface area contributed by atoms with E-state index in [0.29, 0.717) is 13.2 Å². The fourth-order valence-electron chi connectivity index (χ4n) is 2.51. The van der Waals surface area contributed by atoms with Gasteiger partial charge in [-0.15, -0.1) is 24.0 Å². The van der Waals surface area contributed by atoms with Crippen molar-refractivity contribution in [2.45, 2.75) is 33.7 Å². The van der Waals surface area contributed by atoms with Crippen LogP contribution in [0, 0.1) is 6.92 Å². The molecule has 0 aliphatic carbocycles. The van der Waals surface area contributed by atoms with Gasteiger partial charge in [-0.2, -0.15) is 5.10 Å². The minimum absolute atomic E-state index is 0. The van der Waals surface area contributed by atoms with Crippen molar-refractivity contribution in [1.82, 2.24) is 20.4 Å². The molecule has 0 fully saturated rings. The number of halogens is 1. The molecule has 2 rings (SSSR count). The lowest BCUT2D eigenvalue weighted by atomic mass is 10.1. The van der Waals surface area contributed by atoms with Crippen LogP contribution in [0.15, 0.2) is 35.6 Å². The third-order valence-corrected chi connectivity index (χ3v) is 3.74. The fraction of sp³-hybridized carbons (Fsp3) is 0.474. The Kier molecular flexibility index (Phi) is 10.1. The van der Waals surface area contributed by atoms with Gasteiger partial charge in [-0.1, -0.05) is 12.1 Å². The van der Waals surface area contributed by atoms with E-state index >= 15 is 0 Å². The first kappa shape index (κ1) is 22.3. The third kappa shape index (κ3) is 7.23. The summed E-state index contributed by atoms with van der Waals surface area (Å²) in [6, 6.07) is 6.25. The molecule has 0 saturated carbocycles. The standard InChI is InChI=1S/C19H29N5O.HI/c1-5-20-19(21-10-9-16-12-23-24(4)14-16)22-13-17-8-7-15(3)11-18(17)25-6-2;/h7-8,11-12,14H,5-6,9-10,13H2,1-4H3,(H2,20,21,22);1H. The van der Waals surface area contributed by atoms with Crippen molar-refractivity contribution in [3.8, 4) is 5.75 Å². The molecular weight excluding hydrogens is 441 g/mol. The van der Waals surface area contributed by atoms with E-state index in [1.54, 1.807) is 0 Å². The normalized spacial score (nSPS) is 11.0. The highest BCUT2D eigenvalue weighted by atomic mass is 127. The Morgan fingerprint density at radius 1 is 1.27 bits per heavy atom. The van der Waals surface area contributed by atoms with E-state index in [-0.39, 0.29) is 24.0 Å². The molecule has 6 nitrogen and oxygen atoms in total. The van der Waals surface area contributed by atoms with E-state index in [4.69, 9.17) is 4.74 Å². The summed E-state index contributed by atoms with van der Waals surface area (Å²) in [5, 5.41) is 10.8. The van der Waals surface area contributed by atoms with Crippen LogP contribution in [0.25, 0.3) is 0 Å². The van der Waals surface area contributed by atoms with Crippen LogP contribution in [0.4, 0.5) is 0 Å².